The summed E-state index contributed by atoms with van der Waals surface area (Å²) in [4.78, 5) is 16.0. The third-order valence-electron chi connectivity index (χ3n) is 2.44. The number of hydrogen-bond acceptors (Lipinski definition) is 3. The molecule has 4 nitrogen and oxygen atoms in total. The number of aromatic nitrogens is 2. The first kappa shape index (κ1) is 11.8. The van der Waals surface area contributed by atoms with E-state index in [4.69, 9.17) is 4.74 Å². The molecule has 82 valence electrons. The standard InChI is InChI=1S/C9H10I2N2O2/c10-8-9(11)13(5-12-8)3-7(14)6-1-2-15-4-6/h5-6H,1-4H2. The highest BCUT2D eigenvalue weighted by molar-refractivity contribution is 14.1. The van der Waals surface area contributed by atoms with Gasteiger partial charge in [-0.1, -0.05) is 0 Å². The largest absolute Gasteiger partial charge is 0.381 e. The minimum absolute atomic E-state index is 0.0841. The molecule has 15 heavy (non-hydrogen) atoms. The molecule has 1 fully saturated rings. The third-order valence-corrected chi connectivity index (χ3v) is 5.40. The van der Waals surface area contributed by atoms with E-state index in [1.54, 1.807) is 6.33 Å². The molecule has 2 rings (SSSR count). The van der Waals surface area contributed by atoms with Crippen molar-refractivity contribution in [1.82, 2.24) is 9.55 Å². The summed E-state index contributed by atoms with van der Waals surface area (Å²) in [6.07, 6.45) is 2.58. The predicted octanol–water partition coefficient (Wildman–Crippen LogP) is 1.70. The second-order valence-corrected chi connectivity index (χ2v) is 5.52. The van der Waals surface area contributed by atoms with Crippen LogP contribution in [0.3, 0.4) is 0 Å². The molecule has 1 aliphatic heterocycles. The van der Waals surface area contributed by atoms with Crippen LogP contribution in [-0.2, 0) is 16.1 Å². The van der Waals surface area contributed by atoms with Crippen LogP contribution in [-0.4, -0.2) is 28.5 Å². The number of carbonyl (C=O) groups excluding carboxylic acids is 1. The van der Waals surface area contributed by atoms with E-state index < -0.39 is 0 Å². The number of halogens is 2. The molecule has 1 unspecified atom stereocenters. The van der Waals surface area contributed by atoms with Crippen molar-refractivity contribution in [3.8, 4) is 0 Å². The Morgan fingerprint density at radius 1 is 1.67 bits per heavy atom. The van der Waals surface area contributed by atoms with Crippen LogP contribution in [0.25, 0.3) is 0 Å². The Morgan fingerprint density at radius 3 is 3.00 bits per heavy atom. The van der Waals surface area contributed by atoms with Gasteiger partial charge in [-0.15, -0.1) is 0 Å². The molecule has 2 heterocycles. The Morgan fingerprint density at radius 2 is 2.47 bits per heavy atom. The van der Waals surface area contributed by atoms with E-state index in [1.165, 1.54) is 0 Å². The first-order valence-corrected chi connectivity index (χ1v) is 6.81. The number of nitrogens with zero attached hydrogens (tertiary/aromatic N) is 2. The van der Waals surface area contributed by atoms with Crippen molar-refractivity contribution < 1.29 is 9.53 Å². The van der Waals surface area contributed by atoms with Gasteiger partial charge in [0.1, 0.15) is 7.40 Å². The number of imidazole rings is 1. The first-order valence-electron chi connectivity index (χ1n) is 4.65. The lowest BCUT2D eigenvalue weighted by molar-refractivity contribution is -0.123. The van der Waals surface area contributed by atoms with Crippen molar-refractivity contribution >= 4 is 51.0 Å². The molecular weight excluding hydrogens is 422 g/mol. The summed E-state index contributed by atoms with van der Waals surface area (Å²) in [5.74, 6) is 0.333. The van der Waals surface area contributed by atoms with Crippen molar-refractivity contribution in [1.29, 1.82) is 0 Å². The van der Waals surface area contributed by atoms with Gasteiger partial charge >= 0.3 is 0 Å². The predicted molar refractivity (Wildman–Crippen MR) is 71.6 cm³/mol. The van der Waals surface area contributed by atoms with E-state index in [-0.39, 0.29) is 11.7 Å². The zero-order chi connectivity index (χ0) is 10.8. The molecule has 0 spiro atoms. The number of carbonyl (C=O) groups is 1. The molecule has 0 radical (unpaired) electrons. The first-order chi connectivity index (χ1) is 7.18. The number of ketones is 1. The van der Waals surface area contributed by atoms with Crippen LogP contribution in [0.15, 0.2) is 6.33 Å². The summed E-state index contributed by atoms with van der Waals surface area (Å²) in [7, 11) is 0. The summed E-state index contributed by atoms with van der Waals surface area (Å²) in [5.41, 5.74) is 0. The molecule has 1 aromatic rings. The minimum atomic E-state index is 0.0841. The van der Waals surface area contributed by atoms with Crippen LogP contribution >= 0.6 is 45.2 Å². The summed E-state index contributed by atoms with van der Waals surface area (Å²) in [6.45, 7) is 1.72. The zero-order valence-electron chi connectivity index (χ0n) is 7.95. The Hall–Kier alpha value is 0.300. The fourth-order valence-electron chi connectivity index (χ4n) is 1.54. The third kappa shape index (κ3) is 2.70. The monoisotopic (exact) mass is 432 g/mol. The van der Waals surface area contributed by atoms with Crippen molar-refractivity contribution in [2.75, 3.05) is 13.2 Å². The van der Waals surface area contributed by atoms with Gasteiger partial charge in [-0.25, -0.2) is 4.98 Å². The Bertz CT molecular complexity index is 372. The molecule has 6 heteroatoms. The summed E-state index contributed by atoms with van der Waals surface area (Å²) >= 11 is 4.37. The van der Waals surface area contributed by atoms with Gasteiger partial charge in [0.2, 0.25) is 0 Å². The summed E-state index contributed by atoms with van der Waals surface area (Å²) in [6, 6.07) is 0. The Balaban J connectivity index is 2.02. The topological polar surface area (TPSA) is 44.1 Å². The lowest BCUT2D eigenvalue weighted by atomic mass is 10.0. The molecule has 0 amide bonds. The molecule has 1 atom stereocenters. The fourth-order valence-corrected chi connectivity index (χ4v) is 2.41. The van der Waals surface area contributed by atoms with Gasteiger partial charge in [-0.05, 0) is 51.6 Å². The Labute approximate surface area is 115 Å². The lowest BCUT2D eigenvalue weighted by Crippen LogP contribution is -2.20. The Kier molecular flexibility index (Phi) is 3.99. The van der Waals surface area contributed by atoms with Gasteiger partial charge in [-0.3, -0.25) is 4.79 Å². The zero-order valence-corrected chi connectivity index (χ0v) is 12.3. The van der Waals surface area contributed by atoms with Crippen LogP contribution < -0.4 is 0 Å². The lowest BCUT2D eigenvalue weighted by Gasteiger charge is -2.07. The summed E-state index contributed by atoms with van der Waals surface area (Å²) < 4.78 is 9.07. The maximum Gasteiger partial charge on any atom is 0.158 e. The SMILES string of the molecule is O=C(Cn1cnc(I)c1I)C1CCOC1. The number of rotatable bonds is 3. The molecule has 0 aliphatic carbocycles. The number of hydrogen-bond donors (Lipinski definition) is 0. The molecule has 0 bridgehead atoms. The molecule has 1 saturated heterocycles. The molecular formula is C9H10I2N2O2. The van der Waals surface area contributed by atoms with E-state index >= 15 is 0 Å². The van der Waals surface area contributed by atoms with Crippen molar-refractivity contribution in [2.45, 2.75) is 13.0 Å². The molecule has 0 saturated carbocycles. The van der Waals surface area contributed by atoms with Crippen LogP contribution in [0.1, 0.15) is 6.42 Å². The van der Waals surface area contributed by atoms with Gasteiger partial charge in [-0.2, -0.15) is 0 Å². The highest BCUT2D eigenvalue weighted by atomic mass is 127. The average Bonchev–Trinajstić information content (AvgIpc) is 2.83. The van der Waals surface area contributed by atoms with Gasteiger partial charge in [0, 0.05) is 12.5 Å². The van der Waals surface area contributed by atoms with Gasteiger partial charge in [0.15, 0.2) is 5.78 Å². The molecule has 1 aromatic heterocycles. The quantitative estimate of drug-likeness (QED) is 0.684. The van der Waals surface area contributed by atoms with E-state index in [1.807, 2.05) is 4.57 Å². The van der Waals surface area contributed by atoms with Crippen molar-refractivity contribution in [3.63, 3.8) is 0 Å². The number of Topliss-reactive ketones (excluding diaryl/α,β-unsaturated/α-hetero) is 1. The normalized spacial score (nSPS) is 20.8. The molecule has 0 aromatic carbocycles. The highest BCUT2D eigenvalue weighted by Crippen LogP contribution is 2.17. The van der Waals surface area contributed by atoms with Crippen molar-refractivity contribution in [3.05, 3.63) is 13.7 Å². The van der Waals surface area contributed by atoms with Gasteiger partial charge in [0.25, 0.3) is 0 Å². The molecule has 0 N–H and O–H groups in total. The van der Waals surface area contributed by atoms with Crippen molar-refractivity contribution in [2.24, 2.45) is 5.92 Å². The average molecular weight is 432 g/mol. The second-order valence-electron chi connectivity index (χ2n) is 3.48. The minimum Gasteiger partial charge on any atom is -0.381 e. The van der Waals surface area contributed by atoms with Gasteiger partial charge in [0.05, 0.1) is 19.5 Å². The summed E-state index contributed by atoms with van der Waals surface area (Å²) in [5, 5.41) is 0. The van der Waals surface area contributed by atoms with E-state index in [0.29, 0.717) is 13.2 Å². The van der Waals surface area contributed by atoms with Crippen LogP contribution in [0.4, 0.5) is 0 Å². The fraction of sp³-hybridized carbons (Fsp3) is 0.556. The maximum absolute atomic E-state index is 11.8. The van der Waals surface area contributed by atoms with E-state index in [2.05, 4.69) is 50.2 Å². The van der Waals surface area contributed by atoms with Crippen LogP contribution in [0.5, 0.6) is 0 Å². The molecule has 1 aliphatic rings. The highest BCUT2D eigenvalue weighted by Gasteiger charge is 2.24. The second kappa shape index (κ2) is 5.09. The van der Waals surface area contributed by atoms with Gasteiger partial charge < -0.3 is 9.30 Å². The maximum atomic E-state index is 11.8. The van der Waals surface area contributed by atoms with E-state index in [0.717, 1.165) is 20.4 Å². The van der Waals surface area contributed by atoms with Crippen LogP contribution in [0, 0.1) is 13.3 Å². The van der Waals surface area contributed by atoms with Crippen LogP contribution in [0.2, 0.25) is 0 Å². The smallest absolute Gasteiger partial charge is 0.158 e. The van der Waals surface area contributed by atoms with E-state index in [9.17, 15) is 4.79 Å². The number of ether oxygens (including phenoxy) is 1.